The van der Waals surface area contributed by atoms with Crippen LogP contribution in [0.25, 0.3) is 32.6 Å². The minimum atomic E-state index is 0.0127. The SMILES string of the molecule is O=C(COc1ccc2oc3ccccc3c2c1)N1CCN(CCCc2nc(-c3cccs3)no2)CC1. The molecule has 0 bridgehead atoms. The molecule has 2 aromatic carbocycles. The lowest BCUT2D eigenvalue weighted by atomic mass is 10.1. The lowest BCUT2D eigenvalue weighted by Crippen LogP contribution is -2.50. The molecule has 9 heteroatoms. The largest absolute Gasteiger partial charge is 0.484 e. The average Bonchev–Trinajstić information content (AvgIpc) is 3.67. The third-order valence-electron chi connectivity index (χ3n) is 6.51. The standard InChI is InChI=1S/C27H26N4O4S/c32-26(18-33-19-9-10-23-21(17-19)20-5-1-2-6-22(20)34-23)31-14-12-30(13-15-31)11-3-8-25-28-27(29-35-25)24-7-4-16-36-24/h1-2,4-7,9-10,16-17H,3,8,11-15,18H2. The Morgan fingerprint density at radius 1 is 1.00 bits per heavy atom. The van der Waals surface area contributed by atoms with Crippen LogP contribution in [-0.4, -0.2) is 65.2 Å². The molecule has 8 nitrogen and oxygen atoms in total. The van der Waals surface area contributed by atoms with Gasteiger partial charge in [-0.1, -0.05) is 29.4 Å². The maximum absolute atomic E-state index is 12.7. The Balaban J connectivity index is 0.950. The summed E-state index contributed by atoms with van der Waals surface area (Å²) in [6, 6.07) is 17.6. The van der Waals surface area contributed by atoms with Gasteiger partial charge in [-0.3, -0.25) is 9.69 Å². The second kappa shape index (κ2) is 10.1. The van der Waals surface area contributed by atoms with Gasteiger partial charge in [0.25, 0.3) is 5.91 Å². The van der Waals surface area contributed by atoms with E-state index in [4.69, 9.17) is 13.7 Å². The van der Waals surface area contributed by atoms with Crippen molar-refractivity contribution in [3.05, 3.63) is 65.9 Å². The first-order chi connectivity index (χ1) is 17.7. The van der Waals surface area contributed by atoms with E-state index in [9.17, 15) is 4.79 Å². The Kier molecular flexibility index (Phi) is 6.40. The summed E-state index contributed by atoms with van der Waals surface area (Å²) in [5.41, 5.74) is 1.66. The van der Waals surface area contributed by atoms with Crippen LogP contribution in [0.2, 0.25) is 0 Å². The number of hydrogen-bond acceptors (Lipinski definition) is 8. The van der Waals surface area contributed by atoms with E-state index in [2.05, 4.69) is 15.0 Å². The zero-order valence-corrected chi connectivity index (χ0v) is 20.6. The van der Waals surface area contributed by atoms with Crippen LogP contribution in [0, 0.1) is 0 Å². The minimum absolute atomic E-state index is 0.0127. The second-order valence-corrected chi connectivity index (χ2v) is 9.81. The van der Waals surface area contributed by atoms with E-state index in [0.29, 0.717) is 30.6 Å². The zero-order valence-electron chi connectivity index (χ0n) is 19.8. The maximum Gasteiger partial charge on any atom is 0.260 e. The first-order valence-electron chi connectivity index (χ1n) is 12.1. The summed E-state index contributed by atoms with van der Waals surface area (Å²) < 4.78 is 17.1. The first-order valence-corrected chi connectivity index (χ1v) is 13.0. The number of benzene rings is 2. The van der Waals surface area contributed by atoms with Gasteiger partial charge in [0.15, 0.2) is 6.61 Å². The molecule has 1 amide bonds. The number of amides is 1. The molecule has 184 valence electrons. The summed E-state index contributed by atoms with van der Waals surface area (Å²) in [5, 5.41) is 8.11. The number of furan rings is 1. The molecule has 36 heavy (non-hydrogen) atoms. The third kappa shape index (κ3) is 4.84. The van der Waals surface area contributed by atoms with Crippen molar-refractivity contribution in [2.75, 3.05) is 39.3 Å². The van der Waals surface area contributed by atoms with Crippen molar-refractivity contribution in [1.29, 1.82) is 0 Å². The predicted octanol–water partition coefficient (Wildman–Crippen LogP) is 4.85. The van der Waals surface area contributed by atoms with E-state index in [-0.39, 0.29) is 12.5 Å². The topological polar surface area (TPSA) is 84.8 Å². The monoisotopic (exact) mass is 502 g/mol. The number of thiophene rings is 1. The van der Waals surface area contributed by atoms with Gasteiger partial charge < -0.3 is 18.6 Å². The quantitative estimate of drug-likeness (QED) is 0.300. The number of carbonyl (C=O) groups excluding carboxylic acids is 1. The highest BCUT2D eigenvalue weighted by Crippen LogP contribution is 2.31. The van der Waals surface area contributed by atoms with E-state index < -0.39 is 0 Å². The van der Waals surface area contributed by atoms with Crippen molar-refractivity contribution < 1.29 is 18.5 Å². The Labute approximate surface area is 212 Å². The Hall–Kier alpha value is -3.69. The first kappa shape index (κ1) is 22.8. The molecule has 1 aliphatic heterocycles. The molecule has 1 aliphatic rings. The van der Waals surface area contributed by atoms with E-state index in [1.54, 1.807) is 11.3 Å². The van der Waals surface area contributed by atoms with Crippen molar-refractivity contribution >= 4 is 39.2 Å². The van der Waals surface area contributed by atoms with Gasteiger partial charge in [-0.25, -0.2) is 0 Å². The number of carbonyl (C=O) groups is 1. The molecule has 0 unspecified atom stereocenters. The maximum atomic E-state index is 12.7. The number of fused-ring (bicyclic) bond motifs is 3. The minimum Gasteiger partial charge on any atom is -0.484 e. The van der Waals surface area contributed by atoms with Crippen LogP contribution in [-0.2, 0) is 11.2 Å². The highest BCUT2D eigenvalue weighted by atomic mass is 32.1. The molecular formula is C27H26N4O4S. The molecule has 0 aliphatic carbocycles. The number of aryl methyl sites for hydroxylation is 1. The number of piperazine rings is 1. The van der Waals surface area contributed by atoms with Crippen molar-refractivity contribution in [2.24, 2.45) is 0 Å². The number of para-hydroxylation sites is 1. The van der Waals surface area contributed by atoms with Gasteiger partial charge in [-0.05, 0) is 48.7 Å². The number of nitrogens with zero attached hydrogens (tertiary/aromatic N) is 4. The summed E-state index contributed by atoms with van der Waals surface area (Å²) in [6.45, 7) is 4.08. The van der Waals surface area contributed by atoms with Gasteiger partial charge in [-0.2, -0.15) is 4.98 Å². The molecular weight excluding hydrogens is 476 g/mol. The van der Waals surface area contributed by atoms with Crippen LogP contribution in [0.5, 0.6) is 5.75 Å². The fourth-order valence-electron chi connectivity index (χ4n) is 4.57. The molecule has 0 saturated carbocycles. The summed E-state index contributed by atoms with van der Waals surface area (Å²) in [5.74, 6) is 2.02. The highest BCUT2D eigenvalue weighted by molar-refractivity contribution is 7.13. The Morgan fingerprint density at radius 3 is 2.72 bits per heavy atom. The summed E-state index contributed by atoms with van der Waals surface area (Å²) in [6.07, 6.45) is 1.69. The molecule has 5 aromatic rings. The second-order valence-electron chi connectivity index (χ2n) is 8.86. The van der Waals surface area contributed by atoms with Gasteiger partial charge in [0, 0.05) is 43.4 Å². The van der Waals surface area contributed by atoms with Gasteiger partial charge >= 0.3 is 0 Å². The fourth-order valence-corrected chi connectivity index (χ4v) is 5.22. The van der Waals surface area contributed by atoms with E-state index in [1.165, 1.54) is 0 Å². The third-order valence-corrected chi connectivity index (χ3v) is 7.38. The Bertz CT molecular complexity index is 1470. The van der Waals surface area contributed by atoms with Crippen LogP contribution in [0.15, 0.2) is 68.9 Å². The summed E-state index contributed by atoms with van der Waals surface area (Å²) in [7, 11) is 0. The van der Waals surface area contributed by atoms with E-state index in [1.807, 2.05) is 64.9 Å². The van der Waals surface area contributed by atoms with Gasteiger partial charge in [-0.15, -0.1) is 11.3 Å². The van der Waals surface area contributed by atoms with Gasteiger partial charge in [0.05, 0.1) is 4.88 Å². The van der Waals surface area contributed by atoms with Crippen LogP contribution in [0.3, 0.4) is 0 Å². The van der Waals surface area contributed by atoms with Crippen LogP contribution < -0.4 is 4.74 Å². The molecule has 1 fully saturated rings. The van der Waals surface area contributed by atoms with E-state index >= 15 is 0 Å². The van der Waals surface area contributed by atoms with Crippen molar-refractivity contribution in [2.45, 2.75) is 12.8 Å². The normalized spacial score (nSPS) is 14.6. The van der Waals surface area contributed by atoms with Crippen LogP contribution in [0.1, 0.15) is 12.3 Å². The Morgan fingerprint density at radius 2 is 1.86 bits per heavy atom. The molecule has 6 rings (SSSR count). The molecule has 0 atom stereocenters. The van der Waals surface area contributed by atoms with Gasteiger partial charge in [0.1, 0.15) is 16.9 Å². The summed E-state index contributed by atoms with van der Waals surface area (Å²) in [4.78, 5) is 22.5. The molecule has 4 heterocycles. The van der Waals surface area contributed by atoms with E-state index in [0.717, 1.165) is 59.3 Å². The zero-order chi connectivity index (χ0) is 24.3. The number of aromatic nitrogens is 2. The van der Waals surface area contributed by atoms with Crippen molar-refractivity contribution in [3.8, 4) is 16.5 Å². The molecule has 0 radical (unpaired) electrons. The predicted molar refractivity (Wildman–Crippen MR) is 138 cm³/mol. The van der Waals surface area contributed by atoms with Gasteiger partial charge in [0.2, 0.25) is 11.7 Å². The molecule has 0 spiro atoms. The van der Waals surface area contributed by atoms with Crippen LogP contribution in [0.4, 0.5) is 0 Å². The lowest BCUT2D eigenvalue weighted by molar-refractivity contribution is -0.135. The molecule has 0 N–H and O–H groups in total. The summed E-state index contributed by atoms with van der Waals surface area (Å²) >= 11 is 1.60. The molecule has 3 aromatic heterocycles. The number of rotatable bonds is 8. The van der Waals surface area contributed by atoms with Crippen molar-refractivity contribution in [1.82, 2.24) is 19.9 Å². The number of hydrogen-bond donors (Lipinski definition) is 0. The highest BCUT2D eigenvalue weighted by Gasteiger charge is 2.21. The smallest absolute Gasteiger partial charge is 0.260 e. The lowest BCUT2D eigenvalue weighted by Gasteiger charge is -2.34. The van der Waals surface area contributed by atoms with Crippen molar-refractivity contribution in [3.63, 3.8) is 0 Å². The average molecular weight is 503 g/mol. The van der Waals surface area contributed by atoms with Crippen LogP contribution >= 0.6 is 11.3 Å². The molecule has 1 saturated heterocycles. The fraction of sp³-hybridized carbons (Fsp3) is 0.296. The number of ether oxygens (including phenoxy) is 1.